The quantitative estimate of drug-likeness (QED) is 0.308. The fourth-order valence-electron chi connectivity index (χ4n) is 7.84. The Balaban J connectivity index is 0.917. The molecule has 194 valence electrons. The van der Waals surface area contributed by atoms with Gasteiger partial charge in [0.1, 0.15) is 0 Å². The highest BCUT2D eigenvalue weighted by atomic mass is 32.1. The van der Waals surface area contributed by atoms with Crippen molar-refractivity contribution in [2.45, 2.75) is 64.6 Å². The van der Waals surface area contributed by atoms with E-state index in [4.69, 9.17) is 9.47 Å². The summed E-state index contributed by atoms with van der Waals surface area (Å²) in [5, 5.41) is 0. The van der Waals surface area contributed by atoms with Gasteiger partial charge in [0, 0.05) is 9.75 Å². The zero-order valence-corrected chi connectivity index (χ0v) is 22.8. The largest absolute Gasteiger partial charge is 0.376 e. The lowest BCUT2D eigenvalue weighted by molar-refractivity contribution is 0.105. The lowest BCUT2D eigenvalue weighted by Gasteiger charge is -2.13. The van der Waals surface area contributed by atoms with Gasteiger partial charge in [-0.25, -0.2) is 0 Å². The maximum absolute atomic E-state index is 6.17. The van der Waals surface area contributed by atoms with Crippen molar-refractivity contribution < 1.29 is 9.47 Å². The van der Waals surface area contributed by atoms with Gasteiger partial charge in [-0.15, -0.1) is 11.3 Å². The van der Waals surface area contributed by atoms with Crippen LogP contribution in [0.3, 0.4) is 0 Å². The summed E-state index contributed by atoms with van der Waals surface area (Å²) in [5.74, 6) is 5.18. The zero-order chi connectivity index (χ0) is 24.6. The molecular weight excluding hydrogens is 472 g/mol. The first-order chi connectivity index (χ1) is 18.3. The highest BCUT2D eigenvalue weighted by Crippen LogP contribution is 2.56. The van der Waals surface area contributed by atoms with E-state index in [1.165, 1.54) is 62.5 Å². The number of aryl methyl sites for hydroxylation is 2. The van der Waals surface area contributed by atoms with E-state index in [0.29, 0.717) is 0 Å². The van der Waals surface area contributed by atoms with Crippen LogP contribution < -0.4 is 0 Å². The Morgan fingerprint density at radius 3 is 1.38 bits per heavy atom. The molecule has 3 heteroatoms. The van der Waals surface area contributed by atoms with E-state index in [0.717, 1.165) is 61.9 Å². The van der Waals surface area contributed by atoms with Gasteiger partial charge in [0.25, 0.3) is 0 Å². The Bertz CT molecular complexity index is 1090. The molecule has 0 saturated heterocycles. The van der Waals surface area contributed by atoms with Gasteiger partial charge in [-0.05, 0) is 109 Å². The lowest BCUT2D eigenvalue weighted by atomic mass is 9.91. The highest BCUT2D eigenvalue weighted by molar-refractivity contribution is 7.12. The molecule has 1 aromatic heterocycles. The lowest BCUT2D eigenvalue weighted by Crippen LogP contribution is -2.04. The third-order valence-corrected chi connectivity index (χ3v) is 11.4. The van der Waals surface area contributed by atoms with Gasteiger partial charge in [0.05, 0.1) is 26.4 Å². The first-order valence-electron chi connectivity index (χ1n) is 14.7. The van der Waals surface area contributed by atoms with Crippen LogP contribution in [0.15, 0.2) is 60.7 Å². The number of fused-ring (bicyclic) bond motifs is 5. The number of rotatable bonds is 8. The van der Waals surface area contributed by atoms with Gasteiger partial charge in [-0.2, -0.15) is 0 Å². The van der Waals surface area contributed by atoms with Crippen LogP contribution in [-0.4, -0.2) is 13.2 Å². The molecule has 0 amide bonds. The summed E-state index contributed by atoms with van der Waals surface area (Å²) in [4.78, 5) is 3.50. The van der Waals surface area contributed by atoms with Crippen molar-refractivity contribution in [3.8, 4) is 0 Å². The number of hydrogen-bond donors (Lipinski definition) is 0. The molecule has 0 bridgehead atoms. The van der Waals surface area contributed by atoms with E-state index in [1.54, 1.807) is 20.9 Å². The summed E-state index contributed by atoms with van der Waals surface area (Å²) < 4.78 is 12.3. The second-order valence-electron chi connectivity index (χ2n) is 12.0. The van der Waals surface area contributed by atoms with Gasteiger partial charge in [-0.1, -0.05) is 60.7 Å². The molecule has 0 spiro atoms. The normalized spacial score (nSPS) is 29.9. The third kappa shape index (κ3) is 5.20. The number of hydrogen-bond acceptors (Lipinski definition) is 3. The molecule has 2 fully saturated rings. The maximum Gasteiger partial charge on any atom is 0.0717 e. The first kappa shape index (κ1) is 24.1. The summed E-state index contributed by atoms with van der Waals surface area (Å²) in [6, 6.07) is 21.3. The second-order valence-corrected chi connectivity index (χ2v) is 13.2. The van der Waals surface area contributed by atoms with Crippen molar-refractivity contribution in [3.05, 3.63) is 92.7 Å². The van der Waals surface area contributed by atoms with E-state index in [9.17, 15) is 0 Å². The number of benzene rings is 2. The predicted molar refractivity (Wildman–Crippen MR) is 151 cm³/mol. The van der Waals surface area contributed by atoms with Crippen molar-refractivity contribution in [1.29, 1.82) is 0 Å². The van der Waals surface area contributed by atoms with Crippen molar-refractivity contribution in [2.75, 3.05) is 13.2 Å². The maximum atomic E-state index is 6.17. The minimum atomic E-state index is 0.762. The molecule has 0 N–H and O–H groups in total. The Kier molecular flexibility index (Phi) is 6.96. The van der Waals surface area contributed by atoms with Crippen LogP contribution in [0.2, 0.25) is 0 Å². The topological polar surface area (TPSA) is 18.5 Å². The molecule has 4 aliphatic rings. The number of ether oxygens (including phenoxy) is 2. The Labute approximate surface area is 226 Å². The summed E-state index contributed by atoms with van der Waals surface area (Å²) in [6.07, 6.45) is 10.8. The van der Waals surface area contributed by atoms with Crippen LogP contribution in [0.5, 0.6) is 0 Å². The van der Waals surface area contributed by atoms with Crippen LogP contribution in [0, 0.1) is 35.5 Å². The number of thiophene rings is 1. The minimum absolute atomic E-state index is 0.762. The van der Waals surface area contributed by atoms with E-state index in [2.05, 4.69) is 72.0 Å². The van der Waals surface area contributed by atoms with Gasteiger partial charge in [-0.3, -0.25) is 0 Å². The smallest absolute Gasteiger partial charge is 0.0717 e. The zero-order valence-electron chi connectivity index (χ0n) is 21.9. The molecule has 2 aromatic carbocycles. The Hall–Kier alpha value is -1.94. The molecular formula is C34H40O2S. The van der Waals surface area contributed by atoms with Crippen molar-refractivity contribution in [1.82, 2.24) is 0 Å². The molecule has 4 aliphatic carbocycles. The van der Waals surface area contributed by atoms with Gasteiger partial charge < -0.3 is 9.47 Å². The second kappa shape index (κ2) is 10.7. The molecule has 6 atom stereocenters. The first-order valence-corrected chi connectivity index (χ1v) is 15.5. The van der Waals surface area contributed by atoms with E-state index < -0.39 is 0 Å². The monoisotopic (exact) mass is 512 g/mol. The van der Waals surface area contributed by atoms with Gasteiger partial charge in [0.15, 0.2) is 0 Å². The fourth-order valence-corrected chi connectivity index (χ4v) is 9.27. The van der Waals surface area contributed by atoms with Crippen molar-refractivity contribution >= 4 is 11.3 Å². The van der Waals surface area contributed by atoms with Crippen LogP contribution in [0.25, 0.3) is 0 Å². The molecule has 2 nitrogen and oxygen atoms in total. The Morgan fingerprint density at radius 1 is 0.541 bits per heavy atom. The average molecular weight is 513 g/mol. The standard InChI is InChI=1S/C34H40O2S/c1-3-7-23(8-4-1)19-35-21-31-25-11-13-29-30-14-12-26-28(16-18-34(30)37-33(29)17-15-27(25)31)32(26)22-36-20-24-9-5-2-6-10-24/h1-10,25-28,31-32H,11-22H2/t25-,26-,27+,28+,31+,32+/m1/s1. The predicted octanol–water partition coefficient (Wildman–Crippen LogP) is 7.66. The molecule has 0 unspecified atom stereocenters. The van der Waals surface area contributed by atoms with Crippen molar-refractivity contribution in [3.63, 3.8) is 0 Å². The average Bonchev–Trinajstić information content (AvgIpc) is 3.74. The van der Waals surface area contributed by atoms with Gasteiger partial charge >= 0.3 is 0 Å². The SMILES string of the molecule is c1ccc(COC[C@H]2[C@@H]3CCc4c(sc5c4CC[C@@H]4[C@H](CC5)[C@H]4COCc4ccccc4)CC[C@@H]32)cc1. The van der Waals surface area contributed by atoms with Gasteiger partial charge in [0.2, 0.25) is 0 Å². The van der Waals surface area contributed by atoms with E-state index >= 15 is 0 Å². The van der Waals surface area contributed by atoms with Crippen molar-refractivity contribution in [2.24, 2.45) is 35.5 Å². The minimum Gasteiger partial charge on any atom is -0.376 e. The van der Waals surface area contributed by atoms with E-state index in [-0.39, 0.29) is 0 Å². The van der Waals surface area contributed by atoms with Crippen LogP contribution in [0.1, 0.15) is 57.7 Å². The summed E-state index contributed by atoms with van der Waals surface area (Å²) in [5.41, 5.74) is 6.16. The molecule has 2 saturated carbocycles. The molecule has 7 rings (SSSR count). The summed E-state index contributed by atoms with van der Waals surface area (Å²) >= 11 is 2.19. The fraction of sp³-hybridized carbons (Fsp3) is 0.529. The molecule has 0 aliphatic heterocycles. The van der Waals surface area contributed by atoms with Crippen LogP contribution in [0.4, 0.5) is 0 Å². The molecule has 0 radical (unpaired) electrons. The van der Waals surface area contributed by atoms with Crippen LogP contribution in [-0.2, 0) is 48.4 Å². The van der Waals surface area contributed by atoms with E-state index in [1.807, 2.05) is 0 Å². The molecule has 37 heavy (non-hydrogen) atoms. The highest BCUT2D eigenvalue weighted by Gasteiger charge is 2.51. The molecule has 1 heterocycles. The molecule has 3 aromatic rings. The van der Waals surface area contributed by atoms with Crippen LogP contribution >= 0.6 is 11.3 Å². The summed E-state index contributed by atoms with van der Waals surface area (Å²) in [7, 11) is 0. The third-order valence-electron chi connectivity index (χ3n) is 10.0. The summed E-state index contributed by atoms with van der Waals surface area (Å²) in [6.45, 7) is 3.43. The Morgan fingerprint density at radius 2 is 0.946 bits per heavy atom.